The Balaban J connectivity index is 2.24. The van der Waals surface area contributed by atoms with E-state index in [2.05, 4.69) is 0 Å². The molecule has 0 spiro atoms. The van der Waals surface area contributed by atoms with Gasteiger partial charge in [-0.15, -0.1) is 0 Å². The quantitative estimate of drug-likeness (QED) is 0.883. The molecule has 0 radical (unpaired) electrons. The minimum absolute atomic E-state index is 0.115. The van der Waals surface area contributed by atoms with E-state index in [0.29, 0.717) is 12.2 Å². The maximum atomic E-state index is 13.8. The van der Waals surface area contributed by atoms with Crippen LogP contribution in [0.15, 0.2) is 23.1 Å². The molecule has 1 unspecified atom stereocenters. The molecule has 0 aliphatic carbocycles. The van der Waals surface area contributed by atoms with Gasteiger partial charge in [0.15, 0.2) is 0 Å². The van der Waals surface area contributed by atoms with Gasteiger partial charge in [-0.1, -0.05) is 6.07 Å². The summed E-state index contributed by atoms with van der Waals surface area (Å²) in [7, 11) is -2.43. The number of hydrogen-bond donors (Lipinski definition) is 1. The lowest BCUT2D eigenvalue weighted by Gasteiger charge is -2.21. The summed E-state index contributed by atoms with van der Waals surface area (Å²) in [6, 6.07) is 3.90. The smallest absolute Gasteiger partial charge is 0.245 e. The molecule has 7 heteroatoms. The lowest BCUT2D eigenvalue weighted by Crippen LogP contribution is -2.34. The molecule has 1 aliphatic heterocycles. The van der Waals surface area contributed by atoms with Gasteiger partial charge in [0.2, 0.25) is 10.0 Å². The first-order valence-electron chi connectivity index (χ1n) is 6.51. The van der Waals surface area contributed by atoms with Gasteiger partial charge >= 0.3 is 0 Å². The van der Waals surface area contributed by atoms with Crippen LogP contribution in [0.4, 0.5) is 4.39 Å². The molecular formula is C13H19FN2O3S. The van der Waals surface area contributed by atoms with Crippen LogP contribution in [0, 0.1) is 5.82 Å². The first-order chi connectivity index (χ1) is 9.45. The summed E-state index contributed by atoms with van der Waals surface area (Å²) in [4.78, 5) is -0.332. The van der Waals surface area contributed by atoms with Gasteiger partial charge in [0.25, 0.3) is 0 Å². The highest BCUT2D eigenvalue weighted by Crippen LogP contribution is 2.22. The van der Waals surface area contributed by atoms with Gasteiger partial charge in [-0.3, -0.25) is 0 Å². The van der Waals surface area contributed by atoms with Gasteiger partial charge in [-0.25, -0.2) is 12.8 Å². The van der Waals surface area contributed by atoms with Gasteiger partial charge in [0.1, 0.15) is 10.7 Å². The highest BCUT2D eigenvalue weighted by atomic mass is 32.2. The fourth-order valence-corrected chi connectivity index (χ4v) is 3.53. The summed E-state index contributed by atoms with van der Waals surface area (Å²) in [5.41, 5.74) is 6.05. The van der Waals surface area contributed by atoms with Gasteiger partial charge in [-0.05, 0) is 30.5 Å². The van der Waals surface area contributed by atoms with Crippen molar-refractivity contribution in [2.75, 3.05) is 20.2 Å². The Morgan fingerprint density at radius 2 is 2.25 bits per heavy atom. The van der Waals surface area contributed by atoms with Crippen molar-refractivity contribution in [3.63, 3.8) is 0 Å². The number of likely N-dealkylation sites (N-methyl/N-ethyl adjacent to an activating group) is 1. The third-order valence-corrected chi connectivity index (χ3v) is 5.24. The van der Waals surface area contributed by atoms with Crippen molar-refractivity contribution in [3.8, 4) is 0 Å². The minimum atomic E-state index is -3.87. The monoisotopic (exact) mass is 302 g/mol. The Morgan fingerprint density at radius 3 is 2.85 bits per heavy atom. The highest BCUT2D eigenvalue weighted by molar-refractivity contribution is 7.89. The Kier molecular flexibility index (Phi) is 4.74. The van der Waals surface area contributed by atoms with Crippen LogP contribution < -0.4 is 5.73 Å². The van der Waals surface area contributed by atoms with E-state index in [9.17, 15) is 12.8 Å². The summed E-state index contributed by atoms with van der Waals surface area (Å²) in [5.74, 6) is -0.763. The first-order valence-corrected chi connectivity index (χ1v) is 7.95. The summed E-state index contributed by atoms with van der Waals surface area (Å²) in [5, 5.41) is 0. The van der Waals surface area contributed by atoms with E-state index in [1.54, 1.807) is 0 Å². The molecule has 2 rings (SSSR count). The largest absolute Gasteiger partial charge is 0.377 e. The van der Waals surface area contributed by atoms with Crippen LogP contribution in [0.2, 0.25) is 0 Å². The second kappa shape index (κ2) is 6.17. The number of rotatable bonds is 5. The number of hydrogen-bond acceptors (Lipinski definition) is 4. The van der Waals surface area contributed by atoms with Crippen molar-refractivity contribution >= 4 is 10.0 Å². The second-order valence-electron chi connectivity index (χ2n) is 4.89. The molecule has 0 amide bonds. The molecule has 5 nitrogen and oxygen atoms in total. The standard InChI is InChI=1S/C13H19FN2O3S/c1-16(9-11-3-2-6-19-11)20(17,18)13-7-10(8-15)4-5-12(13)14/h4-5,7,11H,2-3,6,8-9,15H2,1H3. The van der Waals surface area contributed by atoms with Gasteiger partial charge in [0, 0.05) is 26.7 Å². The minimum Gasteiger partial charge on any atom is -0.377 e. The fraction of sp³-hybridized carbons (Fsp3) is 0.538. The molecule has 20 heavy (non-hydrogen) atoms. The van der Waals surface area contributed by atoms with Crippen LogP contribution in [0.25, 0.3) is 0 Å². The average molecular weight is 302 g/mol. The zero-order valence-corrected chi connectivity index (χ0v) is 12.2. The highest BCUT2D eigenvalue weighted by Gasteiger charge is 2.28. The van der Waals surface area contributed by atoms with Crippen molar-refractivity contribution in [2.45, 2.75) is 30.4 Å². The topological polar surface area (TPSA) is 72.6 Å². The van der Waals surface area contributed by atoms with Crippen molar-refractivity contribution in [3.05, 3.63) is 29.6 Å². The van der Waals surface area contributed by atoms with Crippen molar-refractivity contribution in [1.82, 2.24) is 4.31 Å². The molecule has 1 atom stereocenters. The van der Waals surface area contributed by atoms with E-state index in [0.717, 1.165) is 23.2 Å². The molecule has 0 saturated carbocycles. The average Bonchev–Trinajstić information content (AvgIpc) is 2.92. The lowest BCUT2D eigenvalue weighted by molar-refractivity contribution is 0.0978. The summed E-state index contributed by atoms with van der Waals surface area (Å²) in [6.45, 7) is 1.04. The van der Waals surface area contributed by atoms with Crippen LogP contribution in [0.5, 0.6) is 0 Å². The molecule has 1 aliphatic rings. The van der Waals surface area contributed by atoms with Crippen LogP contribution in [-0.2, 0) is 21.3 Å². The molecule has 0 bridgehead atoms. The third kappa shape index (κ3) is 3.17. The number of nitrogens with zero attached hydrogens (tertiary/aromatic N) is 1. The summed E-state index contributed by atoms with van der Waals surface area (Å²) < 4.78 is 45.1. The number of benzene rings is 1. The second-order valence-corrected chi connectivity index (χ2v) is 6.90. The molecule has 0 aromatic heterocycles. The molecule has 1 heterocycles. The predicted molar refractivity (Wildman–Crippen MR) is 73.1 cm³/mol. The van der Waals surface area contributed by atoms with E-state index < -0.39 is 15.8 Å². The molecule has 2 N–H and O–H groups in total. The zero-order valence-electron chi connectivity index (χ0n) is 11.4. The van der Waals surface area contributed by atoms with E-state index in [4.69, 9.17) is 10.5 Å². The lowest BCUT2D eigenvalue weighted by atomic mass is 10.2. The fourth-order valence-electron chi connectivity index (χ4n) is 2.21. The Bertz CT molecular complexity index is 571. The van der Waals surface area contributed by atoms with E-state index in [1.807, 2.05) is 0 Å². The molecule has 1 fully saturated rings. The van der Waals surface area contributed by atoms with Crippen LogP contribution in [0.3, 0.4) is 0 Å². The number of nitrogens with two attached hydrogens (primary N) is 1. The van der Waals surface area contributed by atoms with Crippen molar-refractivity contribution in [2.24, 2.45) is 5.73 Å². The number of sulfonamides is 1. The molecule has 1 saturated heterocycles. The summed E-state index contributed by atoms with van der Waals surface area (Å²) >= 11 is 0. The predicted octanol–water partition coefficient (Wildman–Crippen LogP) is 1.08. The Morgan fingerprint density at radius 1 is 1.50 bits per heavy atom. The van der Waals surface area contributed by atoms with E-state index >= 15 is 0 Å². The SMILES string of the molecule is CN(CC1CCCO1)S(=O)(=O)c1cc(CN)ccc1F. The Labute approximate surface area is 118 Å². The van der Waals surface area contributed by atoms with E-state index in [-0.39, 0.29) is 24.1 Å². The molecule has 112 valence electrons. The molecular weight excluding hydrogens is 283 g/mol. The zero-order chi connectivity index (χ0) is 14.8. The normalized spacial score (nSPS) is 19.7. The van der Waals surface area contributed by atoms with Gasteiger partial charge in [-0.2, -0.15) is 4.31 Å². The summed E-state index contributed by atoms with van der Waals surface area (Å²) in [6.07, 6.45) is 1.64. The number of ether oxygens (including phenoxy) is 1. The van der Waals surface area contributed by atoms with Gasteiger partial charge < -0.3 is 10.5 Å². The molecule has 1 aromatic rings. The third-order valence-electron chi connectivity index (χ3n) is 3.40. The van der Waals surface area contributed by atoms with Crippen LogP contribution >= 0.6 is 0 Å². The maximum Gasteiger partial charge on any atom is 0.245 e. The molecule has 1 aromatic carbocycles. The number of halogens is 1. The van der Waals surface area contributed by atoms with Crippen LogP contribution in [-0.4, -0.2) is 39.0 Å². The van der Waals surface area contributed by atoms with Gasteiger partial charge in [0.05, 0.1) is 6.10 Å². The Hall–Kier alpha value is -1.02. The van der Waals surface area contributed by atoms with Crippen molar-refractivity contribution in [1.29, 1.82) is 0 Å². The first kappa shape index (κ1) is 15.4. The van der Waals surface area contributed by atoms with Crippen molar-refractivity contribution < 1.29 is 17.5 Å². The van der Waals surface area contributed by atoms with E-state index in [1.165, 1.54) is 19.2 Å². The van der Waals surface area contributed by atoms with Crippen LogP contribution in [0.1, 0.15) is 18.4 Å². The maximum absolute atomic E-state index is 13.8.